The van der Waals surface area contributed by atoms with Crippen molar-refractivity contribution in [1.29, 1.82) is 0 Å². The second kappa shape index (κ2) is 14.0. The lowest BCUT2D eigenvalue weighted by Crippen LogP contribution is -2.49. The van der Waals surface area contributed by atoms with E-state index in [0.717, 1.165) is 11.1 Å². The Morgan fingerprint density at radius 1 is 0.675 bits per heavy atom. The Balaban J connectivity index is 1.54. The van der Waals surface area contributed by atoms with Gasteiger partial charge in [0.1, 0.15) is 24.1 Å². The van der Waals surface area contributed by atoms with Crippen LogP contribution in [0.1, 0.15) is 18.1 Å². The minimum absolute atomic E-state index is 0.0582. The zero-order valence-corrected chi connectivity index (χ0v) is 22.9. The molecule has 1 unspecified atom stereocenters. The number of hydrogen-bond donors (Lipinski definition) is 2. The summed E-state index contributed by atoms with van der Waals surface area (Å²) in [5, 5.41) is 5.33. The van der Waals surface area contributed by atoms with Crippen molar-refractivity contribution in [2.75, 3.05) is 0 Å². The van der Waals surface area contributed by atoms with Gasteiger partial charge in [-0.15, -0.1) is 0 Å². The Hall–Kier alpha value is -4.55. The summed E-state index contributed by atoms with van der Waals surface area (Å²) in [7, 11) is -4.10. The third-order valence-corrected chi connectivity index (χ3v) is 7.86. The van der Waals surface area contributed by atoms with Gasteiger partial charge in [0.25, 0.3) is 0 Å². The second-order valence-electron chi connectivity index (χ2n) is 8.99. The third kappa shape index (κ3) is 8.48. The number of ether oxygens (including phenoxy) is 1. The van der Waals surface area contributed by atoms with E-state index in [0.29, 0.717) is 11.5 Å². The van der Waals surface area contributed by atoms with Crippen molar-refractivity contribution in [2.24, 2.45) is 0 Å². The van der Waals surface area contributed by atoms with E-state index in [1.807, 2.05) is 72.8 Å². The zero-order chi connectivity index (χ0) is 28.2. The van der Waals surface area contributed by atoms with E-state index in [4.69, 9.17) is 13.8 Å². The number of carbonyl (C=O) groups excluding carboxylic acids is 2. The summed E-state index contributed by atoms with van der Waals surface area (Å²) < 4.78 is 31.8. The zero-order valence-electron chi connectivity index (χ0n) is 22.0. The van der Waals surface area contributed by atoms with Crippen molar-refractivity contribution < 1.29 is 27.9 Å². The van der Waals surface area contributed by atoms with E-state index in [2.05, 4.69) is 10.6 Å². The molecule has 4 rings (SSSR count). The van der Waals surface area contributed by atoms with Crippen molar-refractivity contribution in [1.82, 2.24) is 10.6 Å². The SMILES string of the molecule is C[C@H](NC(=O)OCc1ccccc1)C(=O)NC(Cc1ccccc1)P(=O)(Oc1ccccc1)Oc1ccccc1. The molecule has 0 fully saturated rings. The maximum atomic E-state index is 14.5. The molecule has 2 N–H and O–H groups in total. The first kappa shape index (κ1) is 28.5. The molecule has 0 spiro atoms. The summed E-state index contributed by atoms with van der Waals surface area (Å²) in [5.74, 6) is -1.02. The average molecular weight is 559 g/mol. The molecule has 0 aliphatic heterocycles. The molecule has 0 saturated heterocycles. The number of rotatable bonds is 12. The molecule has 0 aliphatic carbocycles. The smallest absolute Gasteiger partial charge is 0.445 e. The van der Waals surface area contributed by atoms with Crippen molar-refractivity contribution in [3.8, 4) is 11.5 Å². The maximum absolute atomic E-state index is 14.5. The summed E-state index contributed by atoms with van der Waals surface area (Å²) in [6, 6.07) is 34.8. The van der Waals surface area contributed by atoms with Crippen molar-refractivity contribution in [3.05, 3.63) is 132 Å². The molecule has 0 saturated carbocycles. The lowest BCUT2D eigenvalue weighted by atomic mass is 10.1. The van der Waals surface area contributed by atoms with Gasteiger partial charge in [-0.2, -0.15) is 0 Å². The maximum Gasteiger partial charge on any atom is 0.453 e. The molecular formula is C31H31N2O6P. The van der Waals surface area contributed by atoms with Gasteiger partial charge in [0, 0.05) is 6.42 Å². The van der Waals surface area contributed by atoms with E-state index in [1.54, 1.807) is 48.5 Å². The molecule has 2 atom stereocenters. The predicted molar refractivity (Wildman–Crippen MR) is 153 cm³/mol. The van der Waals surface area contributed by atoms with Gasteiger partial charge in [-0.3, -0.25) is 4.79 Å². The molecule has 4 aromatic carbocycles. The molecule has 2 amide bonds. The van der Waals surface area contributed by atoms with E-state index in [-0.39, 0.29) is 13.0 Å². The topological polar surface area (TPSA) is 103 Å². The molecular weight excluding hydrogens is 527 g/mol. The van der Waals surface area contributed by atoms with Gasteiger partial charge >= 0.3 is 13.7 Å². The average Bonchev–Trinajstić information content (AvgIpc) is 2.97. The fourth-order valence-electron chi connectivity index (χ4n) is 3.78. The molecule has 40 heavy (non-hydrogen) atoms. The summed E-state index contributed by atoms with van der Waals surface area (Å²) >= 11 is 0. The molecule has 0 aliphatic rings. The summed E-state index contributed by atoms with van der Waals surface area (Å²) in [6.45, 7) is 1.57. The second-order valence-corrected chi connectivity index (χ2v) is 11.1. The van der Waals surface area contributed by atoms with Gasteiger partial charge < -0.3 is 24.4 Å². The number of para-hydroxylation sites is 2. The molecule has 0 aromatic heterocycles. The summed E-state index contributed by atoms with van der Waals surface area (Å²) in [6.07, 6.45) is -0.607. The highest BCUT2D eigenvalue weighted by atomic mass is 31.2. The third-order valence-electron chi connectivity index (χ3n) is 5.85. The molecule has 0 bridgehead atoms. The number of alkyl carbamates (subject to hydrolysis) is 1. The lowest BCUT2D eigenvalue weighted by molar-refractivity contribution is -0.123. The van der Waals surface area contributed by atoms with Crippen LogP contribution in [0.2, 0.25) is 0 Å². The van der Waals surface area contributed by atoms with Crippen LogP contribution < -0.4 is 19.7 Å². The Morgan fingerprint density at radius 3 is 1.62 bits per heavy atom. The van der Waals surface area contributed by atoms with Crippen LogP contribution in [0.4, 0.5) is 4.79 Å². The quantitative estimate of drug-likeness (QED) is 0.197. The van der Waals surface area contributed by atoms with Crippen LogP contribution in [0.25, 0.3) is 0 Å². The molecule has 0 heterocycles. The first-order valence-corrected chi connectivity index (χ1v) is 14.4. The Kier molecular flexibility index (Phi) is 9.97. The van der Waals surface area contributed by atoms with Gasteiger partial charge in [0.05, 0.1) is 0 Å². The van der Waals surface area contributed by atoms with E-state index >= 15 is 0 Å². The van der Waals surface area contributed by atoms with E-state index < -0.39 is 31.4 Å². The van der Waals surface area contributed by atoms with E-state index in [1.165, 1.54) is 6.92 Å². The summed E-state index contributed by atoms with van der Waals surface area (Å²) in [4.78, 5) is 25.7. The van der Waals surface area contributed by atoms with Gasteiger partial charge in [-0.1, -0.05) is 97.1 Å². The number of hydrogen-bond acceptors (Lipinski definition) is 6. The fourth-order valence-corrected chi connectivity index (χ4v) is 5.62. The van der Waals surface area contributed by atoms with Crippen LogP contribution in [0.5, 0.6) is 11.5 Å². The number of carbonyl (C=O) groups is 2. The van der Waals surface area contributed by atoms with Crippen LogP contribution in [0, 0.1) is 0 Å². The Morgan fingerprint density at radius 2 is 1.12 bits per heavy atom. The highest BCUT2D eigenvalue weighted by Gasteiger charge is 2.41. The van der Waals surface area contributed by atoms with Gasteiger partial charge in [0.2, 0.25) is 5.91 Å². The highest BCUT2D eigenvalue weighted by molar-refractivity contribution is 7.55. The van der Waals surface area contributed by atoms with Crippen LogP contribution in [0.15, 0.2) is 121 Å². The summed E-state index contributed by atoms with van der Waals surface area (Å²) in [5.41, 5.74) is 1.62. The van der Waals surface area contributed by atoms with Crippen LogP contribution >= 0.6 is 7.60 Å². The van der Waals surface area contributed by atoms with E-state index in [9.17, 15) is 14.2 Å². The molecule has 4 aromatic rings. The van der Waals surface area contributed by atoms with Gasteiger partial charge in [-0.05, 0) is 42.3 Å². The first-order chi connectivity index (χ1) is 19.4. The monoisotopic (exact) mass is 558 g/mol. The largest absolute Gasteiger partial charge is 0.453 e. The number of nitrogens with one attached hydrogen (secondary N) is 2. The lowest BCUT2D eigenvalue weighted by Gasteiger charge is -2.29. The van der Waals surface area contributed by atoms with Crippen LogP contribution in [-0.2, 0) is 27.1 Å². The first-order valence-electron chi connectivity index (χ1n) is 12.8. The minimum atomic E-state index is -4.10. The van der Waals surface area contributed by atoms with Crippen LogP contribution in [0.3, 0.4) is 0 Å². The van der Waals surface area contributed by atoms with Crippen molar-refractivity contribution in [2.45, 2.75) is 31.8 Å². The predicted octanol–water partition coefficient (Wildman–Crippen LogP) is 6.34. The number of amides is 2. The Bertz CT molecular complexity index is 1360. The number of benzene rings is 4. The van der Waals surface area contributed by atoms with Gasteiger partial charge in [-0.25, -0.2) is 9.36 Å². The Labute approximate surface area is 233 Å². The van der Waals surface area contributed by atoms with Crippen molar-refractivity contribution in [3.63, 3.8) is 0 Å². The standard InChI is InChI=1S/C31H31N2O6P/c1-24(32-31(35)37-23-26-16-8-3-9-17-26)30(34)33-29(22-25-14-6-2-7-15-25)40(36,38-27-18-10-4-11-19-27)39-28-20-12-5-13-21-28/h2-21,24,29H,22-23H2,1H3,(H,32,35)(H,33,34)/t24-,29?/m0/s1. The highest BCUT2D eigenvalue weighted by Crippen LogP contribution is 2.53. The minimum Gasteiger partial charge on any atom is -0.445 e. The van der Waals surface area contributed by atoms with Gasteiger partial charge in [0.15, 0.2) is 5.78 Å². The molecule has 8 nitrogen and oxygen atoms in total. The normalized spacial score (nSPS) is 12.4. The van der Waals surface area contributed by atoms with Crippen LogP contribution in [-0.4, -0.2) is 23.8 Å². The molecule has 9 heteroatoms. The molecule has 206 valence electrons. The fraction of sp³-hybridized carbons (Fsp3) is 0.161. The van der Waals surface area contributed by atoms with Crippen molar-refractivity contribution >= 4 is 19.6 Å². The molecule has 0 radical (unpaired) electrons.